The fourth-order valence-corrected chi connectivity index (χ4v) is 3.35. The van der Waals surface area contributed by atoms with Gasteiger partial charge in [0.05, 0.1) is 12.0 Å². The Labute approximate surface area is 102 Å². The molecule has 1 saturated carbocycles. The van der Waals surface area contributed by atoms with E-state index in [2.05, 4.69) is 24.5 Å². The van der Waals surface area contributed by atoms with Crippen molar-refractivity contribution in [1.82, 2.24) is 5.32 Å². The summed E-state index contributed by atoms with van der Waals surface area (Å²) in [5, 5.41) is 5.77. The van der Waals surface area contributed by atoms with E-state index in [0.29, 0.717) is 11.5 Å². The molecule has 2 rings (SSSR count). The summed E-state index contributed by atoms with van der Waals surface area (Å²) in [6, 6.07) is 2.70. The molecular weight excluding hydrogens is 218 g/mol. The van der Waals surface area contributed by atoms with Crippen LogP contribution in [0.3, 0.4) is 0 Å². The van der Waals surface area contributed by atoms with E-state index < -0.39 is 0 Å². The SMILES string of the molecule is COc1ccsc1CNC1CCCC1(C)C. The molecule has 0 saturated heterocycles. The molecule has 1 unspecified atom stereocenters. The van der Waals surface area contributed by atoms with E-state index in [1.807, 2.05) is 6.07 Å². The predicted molar refractivity (Wildman–Crippen MR) is 69.1 cm³/mol. The number of hydrogen-bond acceptors (Lipinski definition) is 3. The quantitative estimate of drug-likeness (QED) is 0.869. The van der Waals surface area contributed by atoms with Crippen LogP contribution < -0.4 is 10.1 Å². The maximum Gasteiger partial charge on any atom is 0.134 e. The molecule has 0 bridgehead atoms. The Morgan fingerprint density at radius 2 is 2.38 bits per heavy atom. The van der Waals surface area contributed by atoms with Crippen LogP contribution in [0.15, 0.2) is 11.4 Å². The summed E-state index contributed by atoms with van der Waals surface area (Å²) >= 11 is 1.77. The predicted octanol–water partition coefficient (Wildman–Crippen LogP) is 3.43. The molecule has 90 valence electrons. The molecule has 3 heteroatoms. The first-order valence-electron chi connectivity index (χ1n) is 5.97. The lowest BCUT2D eigenvalue weighted by Gasteiger charge is -2.27. The highest BCUT2D eigenvalue weighted by atomic mass is 32.1. The van der Waals surface area contributed by atoms with Gasteiger partial charge >= 0.3 is 0 Å². The topological polar surface area (TPSA) is 21.3 Å². The fourth-order valence-electron chi connectivity index (χ4n) is 2.56. The van der Waals surface area contributed by atoms with E-state index in [1.54, 1.807) is 18.4 Å². The van der Waals surface area contributed by atoms with Gasteiger partial charge in [0.1, 0.15) is 5.75 Å². The van der Waals surface area contributed by atoms with Crippen LogP contribution in [-0.2, 0) is 6.54 Å². The van der Waals surface area contributed by atoms with Crippen molar-refractivity contribution in [2.24, 2.45) is 5.41 Å². The van der Waals surface area contributed by atoms with Gasteiger partial charge in [0.25, 0.3) is 0 Å². The van der Waals surface area contributed by atoms with Crippen LogP contribution in [0, 0.1) is 5.41 Å². The minimum atomic E-state index is 0.449. The zero-order valence-corrected chi connectivity index (χ0v) is 11.2. The number of thiophene rings is 1. The largest absolute Gasteiger partial charge is 0.496 e. The van der Waals surface area contributed by atoms with Crippen molar-refractivity contribution in [3.63, 3.8) is 0 Å². The second-order valence-electron chi connectivity index (χ2n) is 5.23. The molecule has 1 aliphatic carbocycles. The van der Waals surface area contributed by atoms with Crippen molar-refractivity contribution in [3.8, 4) is 5.75 Å². The van der Waals surface area contributed by atoms with Crippen molar-refractivity contribution >= 4 is 11.3 Å². The number of nitrogens with one attached hydrogen (secondary N) is 1. The molecule has 1 N–H and O–H groups in total. The lowest BCUT2D eigenvalue weighted by Crippen LogP contribution is -2.37. The molecule has 0 aromatic carbocycles. The summed E-state index contributed by atoms with van der Waals surface area (Å²) in [4.78, 5) is 1.31. The van der Waals surface area contributed by atoms with Crippen molar-refractivity contribution < 1.29 is 4.74 Å². The van der Waals surface area contributed by atoms with Crippen LogP contribution >= 0.6 is 11.3 Å². The highest BCUT2D eigenvalue weighted by molar-refractivity contribution is 7.10. The van der Waals surface area contributed by atoms with Gasteiger partial charge in [-0.1, -0.05) is 20.3 Å². The maximum atomic E-state index is 5.32. The highest BCUT2D eigenvalue weighted by Gasteiger charge is 2.33. The average molecular weight is 239 g/mol. The average Bonchev–Trinajstić information content (AvgIpc) is 2.81. The molecule has 1 aliphatic rings. The smallest absolute Gasteiger partial charge is 0.134 e. The summed E-state index contributed by atoms with van der Waals surface area (Å²) < 4.78 is 5.32. The molecule has 1 aromatic rings. The summed E-state index contributed by atoms with van der Waals surface area (Å²) in [7, 11) is 1.74. The molecule has 0 radical (unpaired) electrons. The van der Waals surface area contributed by atoms with Crippen LogP contribution in [0.25, 0.3) is 0 Å². The third-order valence-electron chi connectivity index (χ3n) is 3.69. The second kappa shape index (κ2) is 4.76. The minimum Gasteiger partial charge on any atom is -0.496 e. The van der Waals surface area contributed by atoms with Crippen molar-refractivity contribution in [1.29, 1.82) is 0 Å². The Morgan fingerprint density at radius 3 is 3.00 bits per heavy atom. The van der Waals surface area contributed by atoms with Crippen LogP contribution in [0.5, 0.6) is 5.75 Å². The Bertz CT molecular complexity index is 345. The van der Waals surface area contributed by atoms with E-state index in [-0.39, 0.29) is 0 Å². The van der Waals surface area contributed by atoms with E-state index >= 15 is 0 Å². The van der Waals surface area contributed by atoms with E-state index in [0.717, 1.165) is 12.3 Å². The monoisotopic (exact) mass is 239 g/mol. The third-order valence-corrected chi connectivity index (χ3v) is 4.59. The molecule has 0 aliphatic heterocycles. The number of ether oxygens (including phenoxy) is 1. The van der Waals surface area contributed by atoms with Gasteiger partial charge in [-0.3, -0.25) is 0 Å². The van der Waals surface area contributed by atoms with Crippen molar-refractivity contribution in [3.05, 3.63) is 16.3 Å². The Hall–Kier alpha value is -0.540. The summed E-state index contributed by atoms with van der Waals surface area (Å²) in [5.41, 5.74) is 0.449. The Morgan fingerprint density at radius 1 is 1.56 bits per heavy atom. The standard InChI is InChI=1S/C13H21NOS/c1-13(2)7-4-5-12(13)14-9-11-10(15-3)6-8-16-11/h6,8,12,14H,4-5,7,9H2,1-3H3. The van der Waals surface area contributed by atoms with Crippen LogP contribution in [0.1, 0.15) is 38.0 Å². The van der Waals surface area contributed by atoms with Gasteiger partial charge < -0.3 is 10.1 Å². The molecule has 1 atom stereocenters. The summed E-state index contributed by atoms with van der Waals surface area (Å²) in [6.07, 6.45) is 4.00. The zero-order valence-electron chi connectivity index (χ0n) is 10.4. The van der Waals surface area contributed by atoms with E-state index in [4.69, 9.17) is 4.74 Å². The number of rotatable bonds is 4. The lowest BCUT2D eigenvalue weighted by molar-refractivity contribution is 0.282. The van der Waals surface area contributed by atoms with Gasteiger partial charge in [-0.25, -0.2) is 0 Å². The first-order valence-corrected chi connectivity index (χ1v) is 6.85. The normalized spacial score (nSPS) is 23.6. The van der Waals surface area contributed by atoms with Gasteiger partial charge in [-0.2, -0.15) is 0 Å². The Balaban J connectivity index is 1.92. The van der Waals surface area contributed by atoms with Crippen molar-refractivity contribution in [2.75, 3.05) is 7.11 Å². The van der Waals surface area contributed by atoms with Crippen molar-refractivity contribution in [2.45, 2.75) is 45.7 Å². The molecule has 1 fully saturated rings. The number of hydrogen-bond donors (Lipinski definition) is 1. The second-order valence-corrected chi connectivity index (χ2v) is 6.23. The molecule has 2 nitrogen and oxygen atoms in total. The molecule has 1 heterocycles. The number of methoxy groups -OCH3 is 1. The van der Waals surface area contributed by atoms with Gasteiger partial charge in [0, 0.05) is 12.6 Å². The molecule has 1 aromatic heterocycles. The van der Waals surface area contributed by atoms with Crippen LogP contribution in [-0.4, -0.2) is 13.2 Å². The summed E-state index contributed by atoms with van der Waals surface area (Å²) in [5.74, 6) is 1.02. The van der Waals surface area contributed by atoms with E-state index in [1.165, 1.54) is 24.1 Å². The molecule has 0 amide bonds. The van der Waals surface area contributed by atoms with Gasteiger partial charge in [-0.05, 0) is 29.7 Å². The first-order chi connectivity index (χ1) is 7.63. The van der Waals surface area contributed by atoms with Gasteiger partial charge in [-0.15, -0.1) is 11.3 Å². The van der Waals surface area contributed by atoms with Gasteiger partial charge in [0.15, 0.2) is 0 Å². The molecule has 0 spiro atoms. The summed E-state index contributed by atoms with van der Waals surface area (Å²) in [6.45, 7) is 5.67. The lowest BCUT2D eigenvalue weighted by atomic mass is 9.87. The molecule has 16 heavy (non-hydrogen) atoms. The zero-order chi connectivity index (χ0) is 11.6. The van der Waals surface area contributed by atoms with Crippen LogP contribution in [0.2, 0.25) is 0 Å². The first kappa shape index (κ1) is 11.9. The fraction of sp³-hybridized carbons (Fsp3) is 0.692. The van der Waals surface area contributed by atoms with E-state index in [9.17, 15) is 0 Å². The van der Waals surface area contributed by atoms with Crippen LogP contribution in [0.4, 0.5) is 0 Å². The molecular formula is C13H21NOS. The maximum absolute atomic E-state index is 5.32. The third kappa shape index (κ3) is 2.41. The highest BCUT2D eigenvalue weighted by Crippen LogP contribution is 2.37. The Kier molecular flexibility index (Phi) is 3.55. The minimum absolute atomic E-state index is 0.449. The van der Waals surface area contributed by atoms with Gasteiger partial charge in [0.2, 0.25) is 0 Å².